The van der Waals surface area contributed by atoms with E-state index in [1.165, 1.54) is 0 Å². The number of nitriles is 1. The van der Waals surface area contributed by atoms with E-state index in [1.54, 1.807) is 0 Å². The number of nitrogens with zero attached hydrogens (tertiary/aromatic N) is 1. The molecule has 100 valence electrons. The Labute approximate surface area is 109 Å². The number of ether oxygens (including phenoxy) is 1. The summed E-state index contributed by atoms with van der Waals surface area (Å²) in [5, 5.41) is 12.4. The van der Waals surface area contributed by atoms with Crippen molar-refractivity contribution in [3.63, 3.8) is 0 Å². The summed E-state index contributed by atoms with van der Waals surface area (Å²) in [6, 6.07) is 2.33. The smallest absolute Gasteiger partial charge is 0.227 e. The molecule has 1 N–H and O–H groups in total. The first-order valence-corrected chi connectivity index (χ1v) is 6.91. The fourth-order valence-corrected chi connectivity index (χ4v) is 2.92. The van der Waals surface area contributed by atoms with Gasteiger partial charge in [-0.15, -0.1) is 0 Å². The lowest BCUT2D eigenvalue weighted by molar-refractivity contribution is -0.128. The van der Waals surface area contributed by atoms with Crippen LogP contribution in [0.3, 0.4) is 0 Å². The lowest BCUT2D eigenvalue weighted by Crippen LogP contribution is -2.52. The molecule has 0 bridgehead atoms. The van der Waals surface area contributed by atoms with E-state index in [1.807, 2.05) is 6.92 Å². The van der Waals surface area contributed by atoms with Gasteiger partial charge in [-0.05, 0) is 44.9 Å². The van der Waals surface area contributed by atoms with Crippen LogP contribution >= 0.6 is 0 Å². The number of rotatable bonds is 2. The van der Waals surface area contributed by atoms with Gasteiger partial charge in [0.1, 0.15) is 5.54 Å². The molecule has 2 aliphatic rings. The van der Waals surface area contributed by atoms with E-state index in [0.29, 0.717) is 12.5 Å². The van der Waals surface area contributed by atoms with Gasteiger partial charge in [0.15, 0.2) is 0 Å². The Morgan fingerprint density at radius 1 is 1.33 bits per heavy atom. The fourth-order valence-electron chi connectivity index (χ4n) is 2.92. The molecule has 0 radical (unpaired) electrons. The molecule has 2 rings (SSSR count). The van der Waals surface area contributed by atoms with Crippen LogP contribution in [0.2, 0.25) is 0 Å². The van der Waals surface area contributed by atoms with Crippen LogP contribution in [0.25, 0.3) is 0 Å². The molecular weight excluding hydrogens is 228 g/mol. The molecule has 1 heterocycles. The second-order valence-electron chi connectivity index (χ2n) is 5.84. The molecule has 2 fully saturated rings. The average molecular weight is 250 g/mol. The molecule has 18 heavy (non-hydrogen) atoms. The highest BCUT2D eigenvalue weighted by Crippen LogP contribution is 2.32. The summed E-state index contributed by atoms with van der Waals surface area (Å²) in [6.45, 7) is 4.78. The first kappa shape index (κ1) is 13.4. The van der Waals surface area contributed by atoms with Crippen molar-refractivity contribution < 1.29 is 9.53 Å². The van der Waals surface area contributed by atoms with Gasteiger partial charge in [0, 0.05) is 6.61 Å². The van der Waals surface area contributed by atoms with E-state index in [9.17, 15) is 10.1 Å². The topological polar surface area (TPSA) is 62.1 Å². The van der Waals surface area contributed by atoms with Gasteiger partial charge in [0.05, 0.1) is 18.1 Å². The van der Waals surface area contributed by atoms with Crippen molar-refractivity contribution in [1.82, 2.24) is 5.32 Å². The first-order chi connectivity index (χ1) is 8.56. The summed E-state index contributed by atoms with van der Waals surface area (Å²) in [5.74, 6) is 0.572. The van der Waals surface area contributed by atoms with Crippen LogP contribution in [0.5, 0.6) is 0 Å². The largest absolute Gasteiger partial charge is 0.378 e. The molecule has 0 aromatic rings. The van der Waals surface area contributed by atoms with Crippen molar-refractivity contribution in [3.8, 4) is 6.07 Å². The maximum atomic E-state index is 12.2. The number of carbonyl (C=O) groups is 1. The van der Waals surface area contributed by atoms with Crippen molar-refractivity contribution >= 4 is 5.91 Å². The predicted molar refractivity (Wildman–Crippen MR) is 67.6 cm³/mol. The van der Waals surface area contributed by atoms with Crippen LogP contribution in [0.15, 0.2) is 0 Å². The summed E-state index contributed by atoms with van der Waals surface area (Å²) < 4.78 is 5.42. The minimum absolute atomic E-state index is 0.00361. The lowest BCUT2D eigenvalue weighted by atomic mass is 9.77. The number of amides is 1. The van der Waals surface area contributed by atoms with Crippen LogP contribution in [-0.2, 0) is 9.53 Å². The molecule has 1 amide bonds. The highest BCUT2D eigenvalue weighted by molar-refractivity contribution is 5.80. The van der Waals surface area contributed by atoms with Gasteiger partial charge in [-0.1, -0.05) is 6.92 Å². The van der Waals surface area contributed by atoms with Crippen LogP contribution in [0, 0.1) is 23.2 Å². The van der Waals surface area contributed by atoms with Gasteiger partial charge in [-0.2, -0.15) is 5.26 Å². The molecule has 1 saturated heterocycles. The van der Waals surface area contributed by atoms with E-state index in [0.717, 1.165) is 32.1 Å². The summed E-state index contributed by atoms with van der Waals surface area (Å²) in [4.78, 5) is 12.2. The maximum absolute atomic E-state index is 12.2. The van der Waals surface area contributed by atoms with E-state index < -0.39 is 5.54 Å². The Bertz CT molecular complexity index is 353. The van der Waals surface area contributed by atoms with Crippen LogP contribution in [0.1, 0.15) is 46.0 Å². The Morgan fingerprint density at radius 2 is 2.00 bits per heavy atom. The number of carbonyl (C=O) groups excluding carboxylic acids is 1. The predicted octanol–water partition coefficient (Wildman–Crippen LogP) is 2.00. The summed E-state index contributed by atoms with van der Waals surface area (Å²) in [7, 11) is 0. The number of hydrogen-bond donors (Lipinski definition) is 1. The minimum Gasteiger partial charge on any atom is -0.378 e. The highest BCUT2D eigenvalue weighted by atomic mass is 16.5. The second kappa shape index (κ2) is 5.27. The Hall–Kier alpha value is -1.08. The molecule has 1 aliphatic carbocycles. The molecule has 0 spiro atoms. The van der Waals surface area contributed by atoms with Gasteiger partial charge in [0.25, 0.3) is 0 Å². The highest BCUT2D eigenvalue weighted by Gasteiger charge is 2.39. The monoisotopic (exact) mass is 250 g/mol. The number of nitrogens with one attached hydrogen (secondary N) is 1. The van der Waals surface area contributed by atoms with Crippen LogP contribution in [-0.4, -0.2) is 24.2 Å². The van der Waals surface area contributed by atoms with Crippen LogP contribution < -0.4 is 5.32 Å². The van der Waals surface area contributed by atoms with Gasteiger partial charge in [0.2, 0.25) is 5.91 Å². The molecule has 0 aromatic carbocycles. The Morgan fingerprint density at radius 3 is 2.50 bits per heavy atom. The molecule has 1 saturated carbocycles. The number of hydrogen-bond acceptors (Lipinski definition) is 3. The Kier molecular flexibility index (Phi) is 3.91. The zero-order chi connectivity index (χ0) is 13.2. The Balaban J connectivity index is 1.98. The summed E-state index contributed by atoms with van der Waals surface area (Å²) >= 11 is 0. The molecule has 2 unspecified atom stereocenters. The third-order valence-corrected chi connectivity index (χ3v) is 4.42. The zero-order valence-electron chi connectivity index (χ0n) is 11.2. The zero-order valence-corrected chi connectivity index (χ0v) is 11.2. The third-order valence-electron chi connectivity index (χ3n) is 4.42. The van der Waals surface area contributed by atoms with Crippen molar-refractivity contribution in [2.45, 2.75) is 57.6 Å². The van der Waals surface area contributed by atoms with Crippen molar-refractivity contribution in [2.24, 2.45) is 11.8 Å². The van der Waals surface area contributed by atoms with Gasteiger partial charge in [-0.3, -0.25) is 4.79 Å². The molecule has 1 aliphatic heterocycles. The maximum Gasteiger partial charge on any atom is 0.227 e. The van der Waals surface area contributed by atoms with Crippen LogP contribution in [0.4, 0.5) is 0 Å². The van der Waals surface area contributed by atoms with Crippen molar-refractivity contribution in [3.05, 3.63) is 0 Å². The molecule has 0 aromatic heterocycles. The quantitative estimate of drug-likeness (QED) is 0.815. The van der Waals surface area contributed by atoms with Crippen molar-refractivity contribution in [2.75, 3.05) is 6.61 Å². The second-order valence-corrected chi connectivity index (χ2v) is 5.84. The van der Waals surface area contributed by atoms with Crippen molar-refractivity contribution in [1.29, 1.82) is 5.26 Å². The molecule has 2 atom stereocenters. The third kappa shape index (κ3) is 2.67. The molecule has 4 nitrogen and oxygen atoms in total. The van der Waals surface area contributed by atoms with Gasteiger partial charge < -0.3 is 10.1 Å². The molecule has 4 heteroatoms. The van der Waals surface area contributed by atoms with Gasteiger partial charge in [-0.25, -0.2) is 0 Å². The SMILES string of the molecule is CC1CCC(C#N)(NC(=O)C2CCOC2C)CC1. The molecular formula is C14H22N2O2. The summed E-state index contributed by atoms with van der Waals surface area (Å²) in [5.41, 5.74) is -0.633. The summed E-state index contributed by atoms with van der Waals surface area (Å²) in [6.07, 6.45) is 4.33. The standard InChI is InChI=1S/C14H22N2O2/c1-10-3-6-14(9-15,7-4-10)16-13(17)12-5-8-18-11(12)2/h10-12H,3-8H2,1-2H3,(H,16,17). The fraction of sp³-hybridized carbons (Fsp3) is 0.857. The van der Waals surface area contributed by atoms with Gasteiger partial charge >= 0.3 is 0 Å². The average Bonchev–Trinajstić information content (AvgIpc) is 2.79. The minimum atomic E-state index is -0.633. The first-order valence-electron chi connectivity index (χ1n) is 6.91. The lowest BCUT2D eigenvalue weighted by Gasteiger charge is -2.35. The van der Waals surface area contributed by atoms with E-state index in [2.05, 4.69) is 18.3 Å². The van der Waals surface area contributed by atoms with E-state index >= 15 is 0 Å². The van der Waals surface area contributed by atoms with E-state index in [4.69, 9.17) is 4.74 Å². The van der Waals surface area contributed by atoms with E-state index in [-0.39, 0.29) is 17.9 Å². The normalized spacial score (nSPS) is 40.2.